The summed E-state index contributed by atoms with van der Waals surface area (Å²) in [5, 5.41) is 10.6. The Morgan fingerprint density at radius 2 is 2.29 bits per heavy atom. The van der Waals surface area contributed by atoms with Crippen molar-refractivity contribution in [2.45, 2.75) is 31.9 Å². The summed E-state index contributed by atoms with van der Waals surface area (Å²) in [6.07, 6.45) is 0. The van der Waals surface area contributed by atoms with Crippen LogP contribution in [0.25, 0.3) is 0 Å². The Morgan fingerprint density at radius 3 is 2.88 bits per heavy atom. The lowest BCUT2D eigenvalue weighted by Gasteiger charge is -2.08. The number of amidine groups is 1. The standard InChI is InChI=1S/C15H26N4O4S/c1-11(19(20)21)15(16)17-5-6-24-10-13-7-12(9-22-4)14(23-13)8-18(2)3/h7,11H,5-6,8-10H2,1-4H3,(H2,16,17). The number of ether oxygens (including phenoxy) is 1. The number of nitrogens with zero attached hydrogens (tertiary/aromatic N) is 3. The van der Waals surface area contributed by atoms with Crippen molar-refractivity contribution in [1.82, 2.24) is 4.90 Å². The summed E-state index contributed by atoms with van der Waals surface area (Å²) in [7, 11) is 5.64. The quantitative estimate of drug-likeness (QED) is 0.211. The maximum Gasteiger partial charge on any atom is 0.266 e. The van der Waals surface area contributed by atoms with E-state index >= 15 is 0 Å². The predicted molar refractivity (Wildman–Crippen MR) is 95.9 cm³/mol. The van der Waals surface area contributed by atoms with Crippen LogP contribution in [0.3, 0.4) is 0 Å². The minimum Gasteiger partial charge on any atom is -0.463 e. The van der Waals surface area contributed by atoms with E-state index in [0.717, 1.165) is 23.6 Å². The molecule has 1 aromatic heterocycles. The molecule has 0 spiro atoms. The summed E-state index contributed by atoms with van der Waals surface area (Å²) >= 11 is 1.65. The van der Waals surface area contributed by atoms with E-state index in [-0.39, 0.29) is 5.84 Å². The number of nitrogens with two attached hydrogens (primary N) is 1. The van der Waals surface area contributed by atoms with Gasteiger partial charge in [0.2, 0.25) is 0 Å². The number of furan rings is 1. The van der Waals surface area contributed by atoms with Crippen molar-refractivity contribution < 1.29 is 14.1 Å². The molecule has 0 bridgehead atoms. The third-order valence-electron chi connectivity index (χ3n) is 3.23. The van der Waals surface area contributed by atoms with Gasteiger partial charge in [0, 0.05) is 30.3 Å². The van der Waals surface area contributed by atoms with Crippen molar-refractivity contribution in [3.63, 3.8) is 0 Å². The molecule has 0 aliphatic carbocycles. The zero-order valence-electron chi connectivity index (χ0n) is 14.7. The summed E-state index contributed by atoms with van der Waals surface area (Å²) < 4.78 is 11.1. The number of nitro groups is 1. The highest BCUT2D eigenvalue weighted by Crippen LogP contribution is 2.21. The highest BCUT2D eigenvalue weighted by molar-refractivity contribution is 7.98. The fraction of sp³-hybridized carbons (Fsp3) is 0.667. The molecule has 136 valence electrons. The van der Waals surface area contributed by atoms with E-state index in [9.17, 15) is 10.1 Å². The lowest BCUT2D eigenvalue weighted by molar-refractivity contribution is -0.498. The molecule has 0 aromatic carbocycles. The predicted octanol–water partition coefficient (Wildman–Crippen LogP) is 1.74. The highest BCUT2D eigenvalue weighted by atomic mass is 32.2. The van der Waals surface area contributed by atoms with Crippen LogP contribution in [0.2, 0.25) is 0 Å². The van der Waals surface area contributed by atoms with Gasteiger partial charge in [0.15, 0.2) is 5.84 Å². The lowest BCUT2D eigenvalue weighted by atomic mass is 10.2. The van der Waals surface area contributed by atoms with Gasteiger partial charge in [-0.15, -0.1) is 0 Å². The summed E-state index contributed by atoms with van der Waals surface area (Å²) in [6, 6.07) is 1.08. The second-order valence-corrected chi connectivity index (χ2v) is 6.76. The fourth-order valence-corrected chi connectivity index (χ4v) is 2.66. The molecule has 1 rings (SSSR count). The minimum absolute atomic E-state index is 0.0641. The van der Waals surface area contributed by atoms with E-state index < -0.39 is 11.0 Å². The largest absolute Gasteiger partial charge is 0.463 e. The number of methoxy groups -OCH3 is 1. The first-order chi connectivity index (χ1) is 11.3. The van der Waals surface area contributed by atoms with Gasteiger partial charge in [-0.2, -0.15) is 11.8 Å². The molecule has 1 atom stereocenters. The van der Waals surface area contributed by atoms with Crippen LogP contribution in [0.4, 0.5) is 0 Å². The monoisotopic (exact) mass is 358 g/mol. The van der Waals surface area contributed by atoms with Gasteiger partial charge < -0.3 is 19.8 Å². The third-order valence-corrected chi connectivity index (χ3v) is 4.19. The van der Waals surface area contributed by atoms with Crippen LogP contribution < -0.4 is 5.73 Å². The third kappa shape index (κ3) is 6.90. The Balaban J connectivity index is 2.47. The Bertz CT molecular complexity index is 560. The average Bonchev–Trinajstić information content (AvgIpc) is 2.87. The van der Waals surface area contributed by atoms with Gasteiger partial charge in [-0.1, -0.05) is 0 Å². The van der Waals surface area contributed by atoms with Crippen LogP contribution >= 0.6 is 11.8 Å². The molecule has 1 unspecified atom stereocenters. The number of hydrogen-bond donors (Lipinski definition) is 1. The zero-order chi connectivity index (χ0) is 18.1. The van der Waals surface area contributed by atoms with E-state index in [1.807, 2.05) is 25.1 Å². The van der Waals surface area contributed by atoms with Crippen LogP contribution in [0.1, 0.15) is 24.0 Å². The Morgan fingerprint density at radius 1 is 1.58 bits per heavy atom. The van der Waals surface area contributed by atoms with E-state index in [2.05, 4.69) is 4.99 Å². The molecule has 0 fully saturated rings. The highest BCUT2D eigenvalue weighted by Gasteiger charge is 2.17. The molecule has 9 heteroatoms. The van der Waals surface area contributed by atoms with Gasteiger partial charge in [-0.05, 0) is 20.2 Å². The summed E-state index contributed by atoms with van der Waals surface area (Å²) in [5.74, 6) is 3.30. The van der Waals surface area contributed by atoms with Crippen LogP contribution in [0.15, 0.2) is 15.5 Å². The average molecular weight is 358 g/mol. The van der Waals surface area contributed by atoms with E-state index in [4.69, 9.17) is 14.9 Å². The normalized spacial score (nSPS) is 13.5. The van der Waals surface area contributed by atoms with Crippen molar-refractivity contribution in [3.8, 4) is 0 Å². The SMILES string of the molecule is COCc1cc(CSCCN=C(N)C(C)[N+](=O)[O-])oc1CN(C)C. The van der Waals surface area contributed by atoms with Crippen molar-refractivity contribution in [2.24, 2.45) is 10.7 Å². The van der Waals surface area contributed by atoms with E-state index in [1.54, 1.807) is 18.9 Å². The minimum atomic E-state index is -0.940. The van der Waals surface area contributed by atoms with Gasteiger partial charge in [-0.25, -0.2) is 0 Å². The molecule has 1 heterocycles. The summed E-state index contributed by atoms with van der Waals surface area (Å²) in [5.41, 5.74) is 6.64. The number of thioether (sulfide) groups is 1. The Labute approximate surface area is 146 Å². The van der Waals surface area contributed by atoms with Gasteiger partial charge in [0.05, 0.1) is 25.4 Å². The molecule has 0 saturated heterocycles. The molecule has 0 saturated carbocycles. The molecule has 0 aliphatic rings. The first kappa shape index (κ1) is 20.5. The Hall–Kier alpha value is -1.58. The molecule has 2 N–H and O–H groups in total. The Kier molecular flexibility index (Phi) is 8.80. The van der Waals surface area contributed by atoms with Crippen molar-refractivity contribution in [2.75, 3.05) is 33.5 Å². The summed E-state index contributed by atoms with van der Waals surface area (Å²) in [4.78, 5) is 16.2. The van der Waals surface area contributed by atoms with E-state index in [0.29, 0.717) is 24.7 Å². The number of aliphatic imine (C=N–C) groups is 1. The molecule has 24 heavy (non-hydrogen) atoms. The first-order valence-corrected chi connectivity index (χ1v) is 8.75. The van der Waals surface area contributed by atoms with Gasteiger partial charge in [-0.3, -0.25) is 15.1 Å². The van der Waals surface area contributed by atoms with Gasteiger partial charge >= 0.3 is 0 Å². The smallest absolute Gasteiger partial charge is 0.266 e. The first-order valence-electron chi connectivity index (χ1n) is 7.60. The molecule has 1 aromatic rings. The summed E-state index contributed by atoms with van der Waals surface area (Å²) in [6.45, 7) is 3.13. The zero-order valence-corrected chi connectivity index (χ0v) is 15.5. The number of hydrogen-bond acceptors (Lipinski definition) is 7. The number of rotatable bonds is 11. The molecule has 8 nitrogen and oxygen atoms in total. The molecule has 0 aliphatic heterocycles. The molecule has 0 amide bonds. The molecular weight excluding hydrogens is 332 g/mol. The van der Waals surface area contributed by atoms with Crippen LogP contribution in [0, 0.1) is 10.1 Å². The van der Waals surface area contributed by atoms with Crippen LogP contribution in [0.5, 0.6) is 0 Å². The molecular formula is C15H26N4O4S. The molecule has 0 radical (unpaired) electrons. The van der Waals surface area contributed by atoms with Crippen molar-refractivity contribution in [3.05, 3.63) is 33.3 Å². The van der Waals surface area contributed by atoms with Crippen LogP contribution in [-0.2, 0) is 23.6 Å². The van der Waals surface area contributed by atoms with Crippen molar-refractivity contribution in [1.29, 1.82) is 0 Å². The van der Waals surface area contributed by atoms with E-state index in [1.165, 1.54) is 6.92 Å². The second kappa shape index (κ2) is 10.3. The van der Waals surface area contributed by atoms with Gasteiger partial charge in [0.25, 0.3) is 6.04 Å². The fourth-order valence-electron chi connectivity index (χ4n) is 1.95. The van der Waals surface area contributed by atoms with Crippen LogP contribution in [-0.4, -0.2) is 55.2 Å². The maximum atomic E-state index is 10.6. The topological polar surface area (TPSA) is 107 Å². The lowest BCUT2D eigenvalue weighted by Crippen LogP contribution is -2.33. The van der Waals surface area contributed by atoms with Gasteiger partial charge in [0.1, 0.15) is 11.5 Å². The maximum absolute atomic E-state index is 10.6. The second-order valence-electron chi connectivity index (χ2n) is 5.65. The van der Waals surface area contributed by atoms with Crippen molar-refractivity contribution >= 4 is 17.6 Å².